The van der Waals surface area contributed by atoms with Gasteiger partial charge in [0, 0.05) is 19.1 Å². The zero-order chi connectivity index (χ0) is 14.2. The van der Waals surface area contributed by atoms with Crippen molar-refractivity contribution in [1.29, 1.82) is 0 Å². The van der Waals surface area contributed by atoms with E-state index in [1.54, 1.807) is 0 Å². The number of hydrogen-bond donors (Lipinski definition) is 1. The molecular weight excluding hydrogens is 268 g/mol. The maximum Gasteiger partial charge on any atom is 0.320 e. The summed E-state index contributed by atoms with van der Waals surface area (Å²) in [5.41, 5.74) is -0.411. The van der Waals surface area contributed by atoms with Crippen LogP contribution in [0.5, 0.6) is 0 Å². The van der Waals surface area contributed by atoms with Crippen molar-refractivity contribution < 1.29 is 14.6 Å². The van der Waals surface area contributed by atoms with Gasteiger partial charge < -0.3 is 19.6 Å². The molecule has 6 fully saturated rings. The monoisotopic (exact) mass is 292 g/mol. The zero-order valence-electron chi connectivity index (χ0n) is 12.4. The fraction of sp³-hybridized carbons (Fsp3) is 0.938. The molecule has 6 aliphatic rings. The first-order valence-electron chi connectivity index (χ1n) is 8.50. The number of fused-ring (bicyclic) bond motifs is 1. The lowest BCUT2D eigenvalue weighted by Crippen LogP contribution is -2.62. The standard InChI is InChI=1S/C16H24N2O3/c19-15-17-1-2-21-9-13(17)8-18(15)14-11-3-10-4-12(14)7-16(20,5-10)6-11/h10-14,20H,1-9H2. The molecule has 2 amide bonds. The van der Waals surface area contributed by atoms with Gasteiger partial charge >= 0.3 is 6.03 Å². The number of ether oxygens (including phenoxy) is 1. The number of urea groups is 1. The summed E-state index contributed by atoms with van der Waals surface area (Å²) in [6, 6.07) is 0.860. The van der Waals surface area contributed by atoms with Gasteiger partial charge in [0.2, 0.25) is 0 Å². The lowest BCUT2D eigenvalue weighted by molar-refractivity contribution is -0.152. The fourth-order valence-electron chi connectivity index (χ4n) is 6.24. The Morgan fingerprint density at radius 3 is 2.57 bits per heavy atom. The Hall–Kier alpha value is -0.810. The topological polar surface area (TPSA) is 53.0 Å². The number of carbonyl (C=O) groups excluding carboxylic acids is 1. The quantitative estimate of drug-likeness (QED) is 0.786. The van der Waals surface area contributed by atoms with Crippen LogP contribution < -0.4 is 0 Å². The molecule has 1 N–H and O–H groups in total. The van der Waals surface area contributed by atoms with Crippen molar-refractivity contribution in [3.05, 3.63) is 0 Å². The summed E-state index contributed by atoms with van der Waals surface area (Å²) < 4.78 is 5.54. The maximum absolute atomic E-state index is 12.8. The Kier molecular flexibility index (Phi) is 2.50. The Morgan fingerprint density at radius 2 is 1.90 bits per heavy atom. The predicted octanol–water partition coefficient (Wildman–Crippen LogP) is 1.06. The summed E-state index contributed by atoms with van der Waals surface area (Å²) in [5, 5.41) is 10.7. The van der Waals surface area contributed by atoms with Crippen LogP contribution in [0.1, 0.15) is 32.1 Å². The van der Waals surface area contributed by atoms with Gasteiger partial charge in [-0.2, -0.15) is 0 Å². The highest BCUT2D eigenvalue weighted by Crippen LogP contribution is 2.57. The van der Waals surface area contributed by atoms with E-state index in [0.29, 0.717) is 37.0 Å². The van der Waals surface area contributed by atoms with Gasteiger partial charge in [-0.1, -0.05) is 0 Å². The van der Waals surface area contributed by atoms with Crippen LogP contribution in [0.2, 0.25) is 0 Å². The molecule has 2 aliphatic heterocycles. The Balaban J connectivity index is 1.42. The lowest BCUT2D eigenvalue weighted by atomic mass is 9.52. The first kappa shape index (κ1) is 12.7. The van der Waals surface area contributed by atoms with Crippen LogP contribution in [0.15, 0.2) is 0 Å². The maximum atomic E-state index is 12.8. The largest absolute Gasteiger partial charge is 0.390 e. The highest BCUT2D eigenvalue weighted by molar-refractivity contribution is 5.78. The molecular formula is C16H24N2O3. The molecule has 2 saturated heterocycles. The predicted molar refractivity (Wildman–Crippen MR) is 75.7 cm³/mol. The number of rotatable bonds is 1. The molecule has 0 spiro atoms. The highest BCUT2D eigenvalue weighted by atomic mass is 16.5. The van der Waals surface area contributed by atoms with Crippen LogP contribution in [0, 0.1) is 17.8 Å². The van der Waals surface area contributed by atoms with E-state index >= 15 is 0 Å². The molecule has 0 aromatic heterocycles. The third-order valence-corrected chi connectivity index (χ3v) is 6.68. The molecule has 5 heteroatoms. The van der Waals surface area contributed by atoms with Gasteiger partial charge in [0.15, 0.2) is 0 Å². The third-order valence-electron chi connectivity index (χ3n) is 6.68. The molecule has 0 aromatic carbocycles. The molecule has 21 heavy (non-hydrogen) atoms. The zero-order valence-corrected chi connectivity index (χ0v) is 12.4. The van der Waals surface area contributed by atoms with Crippen molar-refractivity contribution in [1.82, 2.24) is 9.80 Å². The summed E-state index contributed by atoms with van der Waals surface area (Å²) in [6.45, 7) is 2.94. The van der Waals surface area contributed by atoms with Crippen LogP contribution in [-0.2, 0) is 4.74 Å². The van der Waals surface area contributed by atoms with Crippen LogP contribution in [0.25, 0.3) is 0 Å². The minimum atomic E-state index is -0.411. The number of amides is 2. The third kappa shape index (κ3) is 1.73. The Morgan fingerprint density at radius 1 is 1.14 bits per heavy atom. The molecule has 3 unspecified atom stereocenters. The summed E-state index contributed by atoms with van der Waals surface area (Å²) in [5.74, 6) is 1.74. The average molecular weight is 292 g/mol. The van der Waals surface area contributed by atoms with Gasteiger partial charge in [0.05, 0.1) is 24.9 Å². The fourth-order valence-corrected chi connectivity index (χ4v) is 6.24. The lowest BCUT2D eigenvalue weighted by Gasteiger charge is -2.59. The van der Waals surface area contributed by atoms with Gasteiger partial charge in [-0.3, -0.25) is 0 Å². The van der Waals surface area contributed by atoms with Gasteiger partial charge in [0.25, 0.3) is 0 Å². The molecule has 5 nitrogen and oxygen atoms in total. The van der Waals surface area contributed by atoms with Gasteiger partial charge in [-0.15, -0.1) is 0 Å². The minimum Gasteiger partial charge on any atom is -0.390 e. The van der Waals surface area contributed by atoms with E-state index in [1.165, 1.54) is 12.8 Å². The Bertz CT molecular complexity index is 466. The smallest absolute Gasteiger partial charge is 0.320 e. The van der Waals surface area contributed by atoms with Crippen molar-refractivity contribution in [3.63, 3.8) is 0 Å². The summed E-state index contributed by atoms with van der Waals surface area (Å²) in [6.07, 6.45) is 5.26. The van der Waals surface area contributed by atoms with E-state index in [-0.39, 0.29) is 12.1 Å². The molecule has 0 radical (unpaired) electrons. The summed E-state index contributed by atoms with van der Waals surface area (Å²) in [7, 11) is 0. The molecule has 4 bridgehead atoms. The van der Waals surface area contributed by atoms with Crippen molar-refractivity contribution >= 4 is 6.03 Å². The van der Waals surface area contributed by atoms with Crippen LogP contribution >= 0.6 is 0 Å². The van der Waals surface area contributed by atoms with E-state index in [9.17, 15) is 9.90 Å². The second kappa shape index (κ2) is 4.13. The molecule has 4 aliphatic carbocycles. The number of hydrogen-bond acceptors (Lipinski definition) is 3. The molecule has 3 atom stereocenters. The van der Waals surface area contributed by atoms with Gasteiger partial charge in [0.1, 0.15) is 0 Å². The molecule has 0 aromatic rings. The summed E-state index contributed by atoms with van der Waals surface area (Å²) in [4.78, 5) is 16.9. The van der Waals surface area contributed by atoms with Crippen molar-refractivity contribution in [3.8, 4) is 0 Å². The minimum absolute atomic E-state index is 0.229. The number of morpholine rings is 1. The van der Waals surface area contributed by atoms with Crippen LogP contribution in [0.3, 0.4) is 0 Å². The molecule has 116 valence electrons. The second-order valence-corrected chi connectivity index (χ2v) is 8.04. The average Bonchev–Trinajstić information content (AvgIpc) is 2.74. The molecule has 4 saturated carbocycles. The molecule has 6 rings (SSSR count). The van der Waals surface area contributed by atoms with E-state index in [1.807, 2.05) is 4.90 Å². The molecule has 2 heterocycles. The van der Waals surface area contributed by atoms with Crippen LogP contribution in [-0.4, -0.2) is 64.9 Å². The van der Waals surface area contributed by atoms with E-state index < -0.39 is 5.60 Å². The van der Waals surface area contributed by atoms with E-state index in [4.69, 9.17) is 4.74 Å². The van der Waals surface area contributed by atoms with Crippen molar-refractivity contribution in [2.24, 2.45) is 17.8 Å². The van der Waals surface area contributed by atoms with E-state index in [0.717, 1.165) is 32.4 Å². The Labute approximate surface area is 125 Å². The van der Waals surface area contributed by atoms with Crippen LogP contribution in [0.4, 0.5) is 4.79 Å². The highest BCUT2D eigenvalue weighted by Gasteiger charge is 2.58. The van der Waals surface area contributed by atoms with Gasteiger partial charge in [-0.25, -0.2) is 4.79 Å². The first-order chi connectivity index (χ1) is 10.1. The summed E-state index contributed by atoms with van der Waals surface area (Å²) >= 11 is 0. The van der Waals surface area contributed by atoms with Gasteiger partial charge in [-0.05, 0) is 49.9 Å². The number of carbonyl (C=O) groups is 1. The van der Waals surface area contributed by atoms with Crippen molar-refractivity contribution in [2.45, 2.75) is 49.8 Å². The van der Waals surface area contributed by atoms with Crippen molar-refractivity contribution in [2.75, 3.05) is 26.3 Å². The first-order valence-corrected chi connectivity index (χ1v) is 8.50. The number of aliphatic hydroxyl groups is 1. The second-order valence-electron chi connectivity index (χ2n) is 8.04. The normalized spacial score (nSPS) is 51.7. The van der Waals surface area contributed by atoms with E-state index in [2.05, 4.69) is 4.90 Å². The number of nitrogens with zero attached hydrogens (tertiary/aromatic N) is 2. The SMILES string of the molecule is O=C1N2CCOCC2CN1C1C2CC3CC1CC(O)(C3)C2.